The molecule has 0 aliphatic carbocycles. The molecule has 0 heterocycles. The van der Waals surface area contributed by atoms with Gasteiger partial charge in [0.05, 0.1) is 6.42 Å². The zero-order valence-electron chi connectivity index (χ0n) is 19.2. The average Bonchev–Trinajstić information content (AvgIpc) is 2.82. The van der Waals surface area contributed by atoms with Crippen LogP contribution in [0.2, 0.25) is 5.02 Å². The molecular weight excluding hydrogens is 432 g/mol. The van der Waals surface area contributed by atoms with Gasteiger partial charge in [-0.15, -0.1) is 0 Å². The summed E-state index contributed by atoms with van der Waals surface area (Å²) in [7, 11) is 0. The summed E-state index contributed by atoms with van der Waals surface area (Å²) in [6.45, 7) is 5.04. The number of benzene rings is 3. The van der Waals surface area contributed by atoms with Crippen molar-refractivity contribution in [3.05, 3.63) is 107 Å². The Morgan fingerprint density at radius 3 is 1.97 bits per heavy atom. The topological polar surface area (TPSA) is 49.4 Å². The van der Waals surface area contributed by atoms with Gasteiger partial charge < -0.3 is 10.2 Å². The Morgan fingerprint density at radius 2 is 1.39 bits per heavy atom. The summed E-state index contributed by atoms with van der Waals surface area (Å²) < 4.78 is 0. The molecule has 0 aromatic heterocycles. The molecule has 0 bridgehead atoms. The van der Waals surface area contributed by atoms with Gasteiger partial charge in [-0.2, -0.15) is 0 Å². The minimum absolute atomic E-state index is 0.0956. The van der Waals surface area contributed by atoms with Crippen molar-refractivity contribution in [2.24, 2.45) is 5.92 Å². The van der Waals surface area contributed by atoms with Crippen LogP contribution < -0.4 is 5.32 Å². The lowest BCUT2D eigenvalue weighted by atomic mass is 10.0. The highest BCUT2D eigenvalue weighted by atomic mass is 35.5. The number of hydrogen-bond donors (Lipinski definition) is 1. The molecule has 3 aromatic rings. The molecule has 33 heavy (non-hydrogen) atoms. The first-order valence-corrected chi connectivity index (χ1v) is 11.7. The number of carbonyl (C=O) groups is 2. The number of nitrogens with zero attached hydrogens (tertiary/aromatic N) is 1. The molecule has 3 aromatic carbocycles. The zero-order valence-corrected chi connectivity index (χ0v) is 20.0. The predicted molar refractivity (Wildman–Crippen MR) is 134 cm³/mol. The molecule has 0 saturated heterocycles. The van der Waals surface area contributed by atoms with Crippen molar-refractivity contribution >= 4 is 23.4 Å². The van der Waals surface area contributed by atoms with Gasteiger partial charge >= 0.3 is 0 Å². The monoisotopic (exact) mass is 462 g/mol. The third-order valence-electron chi connectivity index (χ3n) is 5.42. The molecule has 0 saturated carbocycles. The van der Waals surface area contributed by atoms with E-state index in [4.69, 9.17) is 11.6 Å². The summed E-state index contributed by atoms with van der Waals surface area (Å²) in [5.74, 6) is 0.0911. The van der Waals surface area contributed by atoms with Crippen LogP contribution in [0.3, 0.4) is 0 Å². The summed E-state index contributed by atoms with van der Waals surface area (Å²) >= 11 is 6.01. The van der Waals surface area contributed by atoms with Crippen LogP contribution >= 0.6 is 11.6 Å². The highest BCUT2D eigenvalue weighted by Gasteiger charge is 2.30. The normalized spacial score (nSPS) is 11.8. The molecule has 0 aliphatic rings. The number of rotatable bonds is 10. The maximum absolute atomic E-state index is 13.6. The molecule has 1 N–H and O–H groups in total. The zero-order chi connectivity index (χ0) is 23.6. The highest BCUT2D eigenvalue weighted by Crippen LogP contribution is 2.17. The minimum atomic E-state index is -0.619. The van der Waals surface area contributed by atoms with Crippen LogP contribution in [0.1, 0.15) is 30.5 Å². The predicted octanol–water partition coefficient (Wildman–Crippen LogP) is 5.29. The Labute approximate surface area is 201 Å². The molecule has 0 radical (unpaired) electrons. The minimum Gasteiger partial charge on any atom is -0.354 e. The first kappa shape index (κ1) is 24.5. The van der Waals surface area contributed by atoms with E-state index in [0.29, 0.717) is 30.5 Å². The summed E-state index contributed by atoms with van der Waals surface area (Å²) in [5, 5.41) is 3.67. The molecule has 3 rings (SSSR count). The quantitative estimate of drug-likeness (QED) is 0.444. The molecular formula is C28H31ClN2O2. The average molecular weight is 463 g/mol. The van der Waals surface area contributed by atoms with E-state index in [2.05, 4.69) is 19.2 Å². The maximum atomic E-state index is 13.6. The van der Waals surface area contributed by atoms with Gasteiger partial charge in [0.25, 0.3) is 0 Å². The van der Waals surface area contributed by atoms with Crippen LogP contribution in [-0.4, -0.2) is 29.3 Å². The number of halogens is 1. The van der Waals surface area contributed by atoms with E-state index in [1.54, 1.807) is 17.0 Å². The Hall–Kier alpha value is -3.11. The van der Waals surface area contributed by atoms with E-state index < -0.39 is 6.04 Å². The van der Waals surface area contributed by atoms with Crippen molar-refractivity contribution in [2.45, 2.75) is 39.3 Å². The van der Waals surface area contributed by atoms with Crippen LogP contribution in [0, 0.1) is 5.92 Å². The van der Waals surface area contributed by atoms with Gasteiger partial charge in [-0.3, -0.25) is 9.59 Å². The molecule has 0 spiro atoms. The van der Waals surface area contributed by atoms with E-state index in [1.807, 2.05) is 72.8 Å². The molecule has 4 nitrogen and oxygen atoms in total. The van der Waals surface area contributed by atoms with Crippen LogP contribution in [0.5, 0.6) is 0 Å². The van der Waals surface area contributed by atoms with Crippen molar-refractivity contribution in [2.75, 3.05) is 6.54 Å². The lowest BCUT2D eigenvalue weighted by molar-refractivity contribution is -0.140. The molecule has 172 valence electrons. The van der Waals surface area contributed by atoms with Gasteiger partial charge in [0.2, 0.25) is 11.8 Å². The van der Waals surface area contributed by atoms with Gasteiger partial charge in [0, 0.05) is 24.5 Å². The summed E-state index contributed by atoms with van der Waals surface area (Å²) in [6, 6.07) is 26.3. The van der Waals surface area contributed by atoms with Crippen LogP contribution in [-0.2, 0) is 29.0 Å². The summed E-state index contributed by atoms with van der Waals surface area (Å²) in [4.78, 5) is 28.7. The first-order chi connectivity index (χ1) is 15.9. The van der Waals surface area contributed by atoms with Crippen molar-refractivity contribution in [3.8, 4) is 0 Å². The van der Waals surface area contributed by atoms with Gasteiger partial charge in [0.15, 0.2) is 0 Å². The van der Waals surface area contributed by atoms with Gasteiger partial charge in [0.1, 0.15) is 6.04 Å². The fourth-order valence-corrected chi connectivity index (χ4v) is 3.76. The second-order valence-corrected chi connectivity index (χ2v) is 9.09. The lowest BCUT2D eigenvalue weighted by Crippen LogP contribution is -2.51. The summed E-state index contributed by atoms with van der Waals surface area (Å²) in [6.07, 6.45) is 0.650. The van der Waals surface area contributed by atoms with Crippen LogP contribution in [0.4, 0.5) is 0 Å². The standard InChI is InChI=1S/C28H31ClN2O2/c1-21(2)19-30-28(33)26(17-22-9-5-3-6-10-22)31(20-24-11-7-4-8-12-24)27(32)18-23-13-15-25(29)16-14-23/h3-16,21,26H,17-20H2,1-2H3,(H,30,33). The van der Waals surface area contributed by atoms with E-state index in [0.717, 1.165) is 16.7 Å². The SMILES string of the molecule is CC(C)CNC(=O)C(Cc1ccccc1)N(Cc1ccccc1)C(=O)Cc1ccc(Cl)cc1. The number of carbonyl (C=O) groups excluding carboxylic acids is 2. The number of amides is 2. The van der Waals surface area contributed by atoms with Crippen LogP contribution in [0.15, 0.2) is 84.9 Å². The fourth-order valence-electron chi connectivity index (χ4n) is 3.64. The lowest BCUT2D eigenvalue weighted by Gasteiger charge is -2.32. The van der Waals surface area contributed by atoms with E-state index in [1.165, 1.54) is 0 Å². The van der Waals surface area contributed by atoms with Crippen molar-refractivity contribution in [3.63, 3.8) is 0 Å². The Morgan fingerprint density at radius 1 is 0.818 bits per heavy atom. The van der Waals surface area contributed by atoms with Crippen molar-refractivity contribution in [1.82, 2.24) is 10.2 Å². The first-order valence-electron chi connectivity index (χ1n) is 11.3. The van der Waals surface area contributed by atoms with Crippen molar-refractivity contribution < 1.29 is 9.59 Å². The summed E-state index contributed by atoms with van der Waals surface area (Å²) in [5.41, 5.74) is 2.86. The molecule has 1 unspecified atom stereocenters. The number of nitrogens with one attached hydrogen (secondary N) is 1. The highest BCUT2D eigenvalue weighted by molar-refractivity contribution is 6.30. The van der Waals surface area contributed by atoms with E-state index >= 15 is 0 Å². The second-order valence-electron chi connectivity index (χ2n) is 8.66. The van der Waals surface area contributed by atoms with Crippen LogP contribution in [0.25, 0.3) is 0 Å². The van der Waals surface area contributed by atoms with Gasteiger partial charge in [-0.1, -0.05) is 98.2 Å². The second kappa shape index (κ2) is 12.2. The third kappa shape index (κ3) is 7.76. The van der Waals surface area contributed by atoms with E-state index in [9.17, 15) is 9.59 Å². The molecule has 5 heteroatoms. The van der Waals surface area contributed by atoms with Gasteiger partial charge in [-0.05, 0) is 34.7 Å². The third-order valence-corrected chi connectivity index (χ3v) is 5.67. The van der Waals surface area contributed by atoms with Gasteiger partial charge in [-0.25, -0.2) is 0 Å². The maximum Gasteiger partial charge on any atom is 0.243 e. The Balaban J connectivity index is 1.92. The molecule has 0 fully saturated rings. The smallest absolute Gasteiger partial charge is 0.243 e. The Kier molecular flexibility index (Phi) is 9.08. The van der Waals surface area contributed by atoms with Crippen molar-refractivity contribution in [1.29, 1.82) is 0 Å². The fraction of sp³-hybridized carbons (Fsp3) is 0.286. The number of hydrogen-bond acceptors (Lipinski definition) is 2. The molecule has 2 amide bonds. The molecule has 0 aliphatic heterocycles. The van der Waals surface area contributed by atoms with E-state index in [-0.39, 0.29) is 18.2 Å². The Bertz CT molecular complexity index is 1020. The molecule has 1 atom stereocenters. The largest absolute Gasteiger partial charge is 0.354 e.